The molecule has 1 aromatic carbocycles. The van der Waals surface area contributed by atoms with Gasteiger partial charge in [0.25, 0.3) is 0 Å². The molecule has 1 N–H and O–H groups in total. The third-order valence-corrected chi connectivity index (χ3v) is 3.77. The molecule has 0 fully saturated rings. The van der Waals surface area contributed by atoms with Gasteiger partial charge in [0.2, 0.25) is 0 Å². The summed E-state index contributed by atoms with van der Waals surface area (Å²) in [4.78, 5) is 1.30. The number of nitrogens with one attached hydrogen (secondary N) is 1. The van der Waals surface area contributed by atoms with Crippen molar-refractivity contribution in [1.29, 1.82) is 0 Å². The lowest BCUT2D eigenvalue weighted by molar-refractivity contribution is 0.191. The molecule has 18 heavy (non-hydrogen) atoms. The Morgan fingerprint density at radius 2 is 2.06 bits per heavy atom. The van der Waals surface area contributed by atoms with Gasteiger partial charge in [0.1, 0.15) is 0 Å². The van der Waals surface area contributed by atoms with Gasteiger partial charge >= 0.3 is 0 Å². The number of rotatable bonds is 6. The van der Waals surface area contributed by atoms with Gasteiger partial charge in [-0.3, -0.25) is 0 Å². The highest BCUT2D eigenvalue weighted by molar-refractivity contribution is 7.13. The van der Waals surface area contributed by atoms with Crippen molar-refractivity contribution < 1.29 is 4.74 Å². The summed E-state index contributed by atoms with van der Waals surface area (Å²) in [5.74, 6) is 0. The van der Waals surface area contributed by atoms with E-state index in [0.29, 0.717) is 6.04 Å². The van der Waals surface area contributed by atoms with Crippen LogP contribution in [0.2, 0.25) is 0 Å². The smallest absolute Gasteiger partial charge is 0.0481 e. The zero-order valence-corrected chi connectivity index (χ0v) is 11.7. The van der Waals surface area contributed by atoms with Crippen molar-refractivity contribution in [2.75, 3.05) is 19.0 Å². The van der Waals surface area contributed by atoms with Crippen LogP contribution in [0.15, 0.2) is 41.8 Å². The lowest BCUT2D eigenvalue weighted by Crippen LogP contribution is -2.17. The molecule has 0 saturated heterocycles. The summed E-state index contributed by atoms with van der Waals surface area (Å²) in [6.45, 7) is 2.97. The lowest BCUT2D eigenvalue weighted by Gasteiger charge is -2.17. The number of thiophene rings is 1. The first kappa shape index (κ1) is 13.1. The Kier molecular flexibility index (Phi) is 4.79. The summed E-state index contributed by atoms with van der Waals surface area (Å²) in [5, 5.41) is 5.67. The number of ether oxygens (including phenoxy) is 1. The average molecular weight is 261 g/mol. The molecule has 2 aromatic rings. The van der Waals surface area contributed by atoms with Crippen LogP contribution in [0.5, 0.6) is 0 Å². The fraction of sp³-hybridized carbons (Fsp3) is 0.333. The molecule has 2 rings (SSSR count). The minimum Gasteiger partial charge on any atom is -0.385 e. The molecule has 1 unspecified atom stereocenters. The van der Waals surface area contributed by atoms with Crippen LogP contribution in [0.4, 0.5) is 5.69 Å². The van der Waals surface area contributed by atoms with Crippen molar-refractivity contribution in [3.8, 4) is 10.4 Å². The largest absolute Gasteiger partial charge is 0.385 e. The number of para-hydroxylation sites is 1. The SMILES string of the molecule is COCCC(C)Nc1ccccc1-c1cccs1. The molecule has 1 aromatic heterocycles. The molecule has 0 aliphatic heterocycles. The van der Waals surface area contributed by atoms with E-state index in [0.717, 1.165) is 13.0 Å². The quantitative estimate of drug-likeness (QED) is 0.839. The third-order valence-electron chi connectivity index (χ3n) is 2.87. The lowest BCUT2D eigenvalue weighted by atomic mass is 10.1. The topological polar surface area (TPSA) is 21.3 Å². The van der Waals surface area contributed by atoms with Gasteiger partial charge in [-0.25, -0.2) is 0 Å². The summed E-state index contributed by atoms with van der Waals surface area (Å²) >= 11 is 1.77. The Bertz CT molecular complexity index is 467. The number of anilines is 1. The number of benzene rings is 1. The first-order valence-corrected chi connectivity index (χ1v) is 7.07. The molecule has 2 nitrogen and oxygen atoms in total. The van der Waals surface area contributed by atoms with E-state index in [2.05, 4.69) is 54.0 Å². The molecule has 0 bridgehead atoms. The monoisotopic (exact) mass is 261 g/mol. The minimum atomic E-state index is 0.408. The third kappa shape index (κ3) is 3.34. The second kappa shape index (κ2) is 6.57. The van der Waals surface area contributed by atoms with Crippen molar-refractivity contribution in [3.63, 3.8) is 0 Å². The average Bonchev–Trinajstić information content (AvgIpc) is 2.91. The van der Waals surface area contributed by atoms with Crippen LogP contribution in [0.25, 0.3) is 10.4 Å². The van der Waals surface area contributed by atoms with E-state index in [1.165, 1.54) is 16.1 Å². The Morgan fingerprint density at radius 1 is 1.22 bits per heavy atom. The molecular weight excluding hydrogens is 242 g/mol. The summed E-state index contributed by atoms with van der Waals surface area (Å²) in [5.41, 5.74) is 2.47. The maximum atomic E-state index is 5.11. The van der Waals surface area contributed by atoms with Crippen LogP contribution in [0.1, 0.15) is 13.3 Å². The van der Waals surface area contributed by atoms with E-state index in [1.54, 1.807) is 18.4 Å². The standard InChI is InChI=1S/C15H19NOS/c1-12(9-10-17-2)16-14-7-4-3-6-13(14)15-8-5-11-18-15/h3-8,11-12,16H,9-10H2,1-2H3. The zero-order chi connectivity index (χ0) is 12.8. The highest BCUT2D eigenvalue weighted by atomic mass is 32.1. The van der Waals surface area contributed by atoms with Crippen molar-refractivity contribution >= 4 is 17.0 Å². The molecule has 0 aliphatic rings. The Balaban J connectivity index is 2.13. The number of hydrogen-bond donors (Lipinski definition) is 1. The molecule has 0 radical (unpaired) electrons. The first-order valence-electron chi connectivity index (χ1n) is 6.19. The highest BCUT2D eigenvalue weighted by Gasteiger charge is 2.08. The molecule has 0 spiro atoms. The van der Waals surface area contributed by atoms with Crippen LogP contribution in [-0.2, 0) is 4.74 Å². The molecular formula is C15H19NOS. The van der Waals surface area contributed by atoms with Crippen molar-refractivity contribution in [3.05, 3.63) is 41.8 Å². The summed E-state index contributed by atoms with van der Waals surface area (Å²) < 4.78 is 5.11. The maximum absolute atomic E-state index is 5.11. The minimum absolute atomic E-state index is 0.408. The van der Waals surface area contributed by atoms with Gasteiger partial charge in [-0.05, 0) is 30.9 Å². The predicted octanol–water partition coefficient (Wildman–Crippen LogP) is 4.25. The Hall–Kier alpha value is -1.32. The van der Waals surface area contributed by atoms with Gasteiger partial charge in [-0.1, -0.05) is 24.3 Å². The summed E-state index contributed by atoms with van der Waals surface area (Å²) in [6, 6.07) is 13.1. The van der Waals surface area contributed by atoms with E-state index in [-0.39, 0.29) is 0 Å². The molecule has 0 amide bonds. The predicted molar refractivity (Wildman–Crippen MR) is 79.3 cm³/mol. The second-order valence-corrected chi connectivity index (χ2v) is 5.30. The van der Waals surface area contributed by atoms with Gasteiger partial charge in [0.15, 0.2) is 0 Å². The number of methoxy groups -OCH3 is 1. The van der Waals surface area contributed by atoms with E-state index < -0.39 is 0 Å². The summed E-state index contributed by atoms with van der Waals surface area (Å²) in [7, 11) is 1.74. The van der Waals surface area contributed by atoms with Crippen LogP contribution < -0.4 is 5.32 Å². The van der Waals surface area contributed by atoms with Crippen molar-refractivity contribution in [2.45, 2.75) is 19.4 Å². The van der Waals surface area contributed by atoms with Gasteiger partial charge in [-0.15, -0.1) is 11.3 Å². The van der Waals surface area contributed by atoms with E-state index in [9.17, 15) is 0 Å². The second-order valence-electron chi connectivity index (χ2n) is 4.35. The normalized spacial score (nSPS) is 12.3. The fourth-order valence-corrected chi connectivity index (χ4v) is 2.65. The van der Waals surface area contributed by atoms with Gasteiger partial charge in [0.05, 0.1) is 0 Å². The fourth-order valence-electron chi connectivity index (χ4n) is 1.89. The van der Waals surface area contributed by atoms with Crippen LogP contribution in [0.3, 0.4) is 0 Å². The molecule has 3 heteroatoms. The van der Waals surface area contributed by atoms with Gasteiger partial charge in [-0.2, -0.15) is 0 Å². The molecule has 1 heterocycles. The summed E-state index contributed by atoms with van der Waals surface area (Å²) in [6.07, 6.45) is 1.01. The Morgan fingerprint density at radius 3 is 2.78 bits per heavy atom. The van der Waals surface area contributed by atoms with Gasteiger partial charge in [0, 0.05) is 35.9 Å². The first-order chi connectivity index (χ1) is 8.81. The number of hydrogen-bond acceptors (Lipinski definition) is 3. The molecule has 96 valence electrons. The van der Waals surface area contributed by atoms with Crippen LogP contribution >= 0.6 is 11.3 Å². The molecule has 0 saturated carbocycles. The highest BCUT2D eigenvalue weighted by Crippen LogP contribution is 2.31. The van der Waals surface area contributed by atoms with E-state index >= 15 is 0 Å². The van der Waals surface area contributed by atoms with Crippen molar-refractivity contribution in [1.82, 2.24) is 0 Å². The van der Waals surface area contributed by atoms with Crippen molar-refractivity contribution in [2.24, 2.45) is 0 Å². The maximum Gasteiger partial charge on any atom is 0.0481 e. The van der Waals surface area contributed by atoms with E-state index in [4.69, 9.17) is 4.74 Å². The molecule has 1 atom stereocenters. The molecule has 0 aliphatic carbocycles. The zero-order valence-electron chi connectivity index (χ0n) is 10.8. The van der Waals surface area contributed by atoms with Crippen LogP contribution in [0, 0.1) is 0 Å². The van der Waals surface area contributed by atoms with Crippen LogP contribution in [-0.4, -0.2) is 19.8 Å². The van der Waals surface area contributed by atoms with Gasteiger partial charge < -0.3 is 10.1 Å². The van der Waals surface area contributed by atoms with E-state index in [1.807, 2.05) is 0 Å². The Labute approximate surface area is 113 Å².